The summed E-state index contributed by atoms with van der Waals surface area (Å²) in [5, 5.41) is 3.32. The van der Waals surface area contributed by atoms with Crippen molar-refractivity contribution in [1.29, 1.82) is 0 Å². The van der Waals surface area contributed by atoms with Crippen molar-refractivity contribution < 1.29 is 4.39 Å². The summed E-state index contributed by atoms with van der Waals surface area (Å²) in [5.41, 5.74) is 0. The highest BCUT2D eigenvalue weighted by molar-refractivity contribution is 4.80. The number of nitrogens with zero attached hydrogens (tertiary/aromatic N) is 2. The molecule has 0 aliphatic carbocycles. The van der Waals surface area contributed by atoms with Gasteiger partial charge in [-0.1, -0.05) is 0 Å². The molecule has 4 heteroatoms. The molecule has 0 spiro atoms. The normalized spacial score (nSPS) is 27.5. The number of hydrogen-bond donors (Lipinski definition) is 1. The van der Waals surface area contributed by atoms with E-state index in [0.29, 0.717) is 13.1 Å². The van der Waals surface area contributed by atoms with Crippen molar-refractivity contribution in [2.24, 2.45) is 0 Å². The molecule has 0 amide bonds. The highest BCUT2D eigenvalue weighted by Crippen LogP contribution is 2.10. The first kappa shape index (κ1) is 9.37. The lowest BCUT2D eigenvalue weighted by molar-refractivity contribution is 0.0545. The van der Waals surface area contributed by atoms with E-state index in [4.69, 9.17) is 0 Å². The Labute approximate surface area is 78.9 Å². The summed E-state index contributed by atoms with van der Waals surface area (Å²) in [6, 6.07) is 0. The lowest BCUT2D eigenvalue weighted by Gasteiger charge is -2.36. The summed E-state index contributed by atoms with van der Waals surface area (Å²) >= 11 is 0. The Hall–Kier alpha value is -0.190. The summed E-state index contributed by atoms with van der Waals surface area (Å²) < 4.78 is 12.5. The molecule has 3 nitrogen and oxygen atoms in total. The van der Waals surface area contributed by atoms with E-state index in [9.17, 15) is 4.39 Å². The van der Waals surface area contributed by atoms with E-state index in [1.54, 1.807) is 0 Å². The van der Waals surface area contributed by atoms with Crippen LogP contribution in [0.25, 0.3) is 0 Å². The van der Waals surface area contributed by atoms with Gasteiger partial charge in [-0.2, -0.15) is 0 Å². The fourth-order valence-electron chi connectivity index (χ4n) is 1.91. The van der Waals surface area contributed by atoms with Crippen LogP contribution in [-0.4, -0.2) is 68.3 Å². The van der Waals surface area contributed by atoms with Gasteiger partial charge in [0.1, 0.15) is 6.17 Å². The van der Waals surface area contributed by atoms with Crippen molar-refractivity contribution in [2.75, 3.05) is 52.4 Å². The SMILES string of the molecule is FC1CN(CCN2CCNCC2)C1. The second kappa shape index (κ2) is 4.35. The fraction of sp³-hybridized carbons (Fsp3) is 1.00. The predicted octanol–water partition coefficient (Wildman–Crippen LogP) is -0.455. The number of nitrogens with one attached hydrogen (secondary N) is 1. The van der Waals surface area contributed by atoms with Gasteiger partial charge in [-0.3, -0.25) is 9.80 Å². The van der Waals surface area contributed by atoms with Gasteiger partial charge in [-0.15, -0.1) is 0 Å². The van der Waals surface area contributed by atoms with Crippen molar-refractivity contribution in [3.05, 3.63) is 0 Å². The Kier molecular flexibility index (Phi) is 3.14. The second-order valence-electron chi connectivity index (χ2n) is 3.95. The topological polar surface area (TPSA) is 18.5 Å². The van der Waals surface area contributed by atoms with Gasteiger partial charge in [0.2, 0.25) is 0 Å². The standard InChI is InChI=1S/C9H18FN3/c10-9-7-13(8-9)6-5-12-3-1-11-2-4-12/h9,11H,1-8H2. The maximum Gasteiger partial charge on any atom is 0.125 e. The molecular weight excluding hydrogens is 169 g/mol. The van der Waals surface area contributed by atoms with Crippen LogP contribution in [0.15, 0.2) is 0 Å². The van der Waals surface area contributed by atoms with Gasteiger partial charge in [0, 0.05) is 52.4 Å². The molecule has 0 aromatic carbocycles. The minimum Gasteiger partial charge on any atom is -0.314 e. The molecule has 2 rings (SSSR count). The van der Waals surface area contributed by atoms with Crippen LogP contribution in [0.5, 0.6) is 0 Å². The molecule has 0 radical (unpaired) electrons. The highest BCUT2D eigenvalue weighted by atomic mass is 19.1. The van der Waals surface area contributed by atoms with Crippen LogP contribution in [0.1, 0.15) is 0 Å². The van der Waals surface area contributed by atoms with Gasteiger partial charge >= 0.3 is 0 Å². The van der Waals surface area contributed by atoms with E-state index in [2.05, 4.69) is 15.1 Å². The Balaban J connectivity index is 1.56. The van der Waals surface area contributed by atoms with Crippen LogP contribution in [-0.2, 0) is 0 Å². The Morgan fingerprint density at radius 3 is 2.31 bits per heavy atom. The molecular formula is C9H18FN3. The minimum atomic E-state index is -0.553. The first-order valence-electron chi connectivity index (χ1n) is 5.14. The molecule has 2 aliphatic rings. The molecule has 0 unspecified atom stereocenters. The summed E-state index contributed by atoms with van der Waals surface area (Å²) in [4.78, 5) is 4.63. The van der Waals surface area contributed by atoms with E-state index in [-0.39, 0.29) is 0 Å². The van der Waals surface area contributed by atoms with Crippen molar-refractivity contribution in [2.45, 2.75) is 6.17 Å². The van der Waals surface area contributed by atoms with Crippen molar-refractivity contribution in [3.63, 3.8) is 0 Å². The number of rotatable bonds is 3. The van der Waals surface area contributed by atoms with Crippen LogP contribution in [0.4, 0.5) is 4.39 Å². The monoisotopic (exact) mass is 187 g/mol. The Morgan fingerprint density at radius 1 is 1.08 bits per heavy atom. The van der Waals surface area contributed by atoms with Gasteiger partial charge in [-0.25, -0.2) is 4.39 Å². The maximum atomic E-state index is 12.5. The van der Waals surface area contributed by atoms with Gasteiger partial charge in [0.05, 0.1) is 0 Å². The first-order valence-corrected chi connectivity index (χ1v) is 5.14. The molecule has 2 fully saturated rings. The molecule has 2 saturated heterocycles. The van der Waals surface area contributed by atoms with Crippen LogP contribution in [0, 0.1) is 0 Å². The lowest BCUT2D eigenvalue weighted by atomic mass is 10.2. The number of piperazine rings is 1. The third-order valence-corrected chi connectivity index (χ3v) is 2.85. The smallest absolute Gasteiger partial charge is 0.125 e. The van der Waals surface area contributed by atoms with Crippen LogP contribution in [0.2, 0.25) is 0 Å². The zero-order valence-electron chi connectivity index (χ0n) is 8.01. The van der Waals surface area contributed by atoms with E-state index in [1.165, 1.54) is 0 Å². The molecule has 0 atom stereocenters. The average Bonchev–Trinajstić information content (AvgIpc) is 2.12. The highest BCUT2D eigenvalue weighted by Gasteiger charge is 2.25. The molecule has 2 heterocycles. The number of hydrogen-bond acceptors (Lipinski definition) is 3. The first-order chi connectivity index (χ1) is 6.34. The molecule has 0 saturated carbocycles. The molecule has 0 aromatic heterocycles. The fourth-order valence-corrected chi connectivity index (χ4v) is 1.91. The maximum absolute atomic E-state index is 12.5. The third kappa shape index (κ3) is 2.62. The largest absolute Gasteiger partial charge is 0.314 e. The van der Waals surface area contributed by atoms with Crippen molar-refractivity contribution >= 4 is 0 Å². The summed E-state index contributed by atoms with van der Waals surface area (Å²) in [6.45, 7) is 7.96. The van der Waals surface area contributed by atoms with Gasteiger partial charge in [-0.05, 0) is 0 Å². The van der Waals surface area contributed by atoms with E-state index in [0.717, 1.165) is 39.3 Å². The Morgan fingerprint density at radius 2 is 1.69 bits per heavy atom. The summed E-state index contributed by atoms with van der Waals surface area (Å²) in [7, 11) is 0. The van der Waals surface area contributed by atoms with E-state index in [1.807, 2.05) is 0 Å². The molecule has 0 aromatic rings. The lowest BCUT2D eigenvalue weighted by Crippen LogP contribution is -2.52. The molecule has 13 heavy (non-hydrogen) atoms. The summed E-state index contributed by atoms with van der Waals surface area (Å²) in [6.07, 6.45) is -0.553. The van der Waals surface area contributed by atoms with Gasteiger partial charge in [0.15, 0.2) is 0 Å². The quantitative estimate of drug-likeness (QED) is 0.645. The zero-order valence-corrected chi connectivity index (χ0v) is 8.01. The second-order valence-corrected chi connectivity index (χ2v) is 3.95. The number of likely N-dealkylation sites (tertiary alicyclic amines) is 1. The molecule has 2 aliphatic heterocycles. The van der Waals surface area contributed by atoms with Gasteiger partial charge in [0.25, 0.3) is 0 Å². The third-order valence-electron chi connectivity index (χ3n) is 2.85. The van der Waals surface area contributed by atoms with Crippen LogP contribution >= 0.6 is 0 Å². The van der Waals surface area contributed by atoms with Crippen molar-refractivity contribution in [3.8, 4) is 0 Å². The van der Waals surface area contributed by atoms with Crippen LogP contribution < -0.4 is 5.32 Å². The molecule has 0 bridgehead atoms. The average molecular weight is 187 g/mol. The zero-order chi connectivity index (χ0) is 9.10. The summed E-state index contributed by atoms with van der Waals surface area (Å²) in [5.74, 6) is 0. The van der Waals surface area contributed by atoms with Crippen molar-refractivity contribution in [1.82, 2.24) is 15.1 Å². The van der Waals surface area contributed by atoms with Crippen LogP contribution in [0.3, 0.4) is 0 Å². The Bertz CT molecular complexity index is 153. The molecule has 1 N–H and O–H groups in total. The molecule has 76 valence electrons. The van der Waals surface area contributed by atoms with E-state index < -0.39 is 6.17 Å². The number of halogens is 1. The number of alkyl halides is 1. The van der Waals surface area contributed by atoms with E-state index >= 15 is 0 Å². The minimum absolute atomic E-state index is 0.553. The predicted molar refractivity (Wildman–Crippen MR) is 50.6 cm³/mol. The van der Waals surface area contributed by atoms with Gasteiger partial charge < -0.3 is 5.32 Å².